The zero-order valence-corrected chi connectivity index (χ0v) is 21.9. The molecule has 5 aliphatic rings. The Morgan fingerprint density at radius 1 is 1.13 bits per heavy atom. The van der Waals surface area contributed by atoms with Gasteiger partial charge in [0, 0.05) is 18.5 Å². The van der Waals surface area contributed by atoms with Gasteiger partial charge < -0.3 is 10.1 Å². The van der Waals surface area contributed by atoms with E-state index in [1.54, 1.807) is 6.07 Å². The van der Waals surface area contributed by atoms with E-state index < -0.39 is 16.6 Å². The van der Waals surface area contributed by atoms with Gasteiger partial charge in [-0.3, -0.25) is 4.79 Å². The number of rotatable bonds is 8. The van der Waals surface area contributed by atoms with Crippen molar-refractivity contribution in [3.63, 3.8) is 0 Å². The maximum atomic E-state index is 13.2. The van der Waals surface area contributed by atoms with Crippen molar-refractivity contribution in [2.24, 2.45) is 23.2 Å². The van der Waals surface area contributed by atoms with Crippen molar-refractivity contribution in [2.45, 2.75) is 70.3 Å². The fourth-order valence-corrected chi connectivity index (χ4v) is 9.28. The van der Waals surface area contributed by atoms with Crippen LogP contribution < -0.4 is 10.1 Å². The Morgan fingerprint density at radius 3 is 2.53 bits per heavy atom. The molecule has 1 aromatic carbocycles. The third kappa shape index (κ3) is 5.27. The Balaban J connectivity index is 1.12. The first-order valence-corrected chi connectivity index (χ1v) is 14.9. The van der Waals surface area contributed by atoms with Crippen molar-refractivity contribution in [1.82, 2.24) is 14.3 Å². The molecule has 1 N–H and O–H groups in total. The lowest BCUT2D eigenvalue weighted by Crippen LogP contribution is -2.47. The van der Waals surface area contributed by atoms with Crippen LogP contribution in [0.2, 0.25) is 0 Å². The molecule has 2 aromatic rings. The van der Waals surface area contributed by atoms with Gasteiger partial charge in [0.15, 0.2) is 0 Å². The van der Waals surface area contributed by atoms with E-state index in [1.165, 1.54) is 48.1 Å². The minimum atomic E-state index is -3.75. The molecule has 7 rings (SSSR count). The van der Waals surface area contributed by atoms with Crippen molar-refractivity contribution < 1.29 is 26.7 Å². The van der Waals surface area contributed by atoms with Crippen LogP contribution in [0, 0.1) is 23.2 Å². The summed E-state index contributed by atoms with van der Waals surface area (Å²) in [4.78, 5) is 21.8. The fourth-order valence-electron chi connectivity index (χ4n) is 7.81. The van der Waals surface area contributed by atoms with Gasteiger partial charge in [-0.05, 0) is 85.8 Å². The number of anilines is 1. The van der Waals surface area contributed by atoms with Crippen LogP contribution >= 0.6 is 0 Å². The molecular formula is C27H32F2N4O4S. The average molecular weight is 547 g/mol. The summed E-state index contributed by atoms with van der Waals surface area (Å²) in [5, 5.41) is 3.03. The van der Waals surface area contributed by atoms with Gasteiger partial charge in [0.05, 0.1) is 18.0 Å². The molecule has 4 bridgehead atoms. The highest BCUT2D eigenvalue weighted by Crippen LogP contribution is 2.61. The number of alkyl halides is 2. The molecule has 11 heteroatoms. The number of nitrogens with one attached hydrogen (secondary N) is 1. The molecule has 0 radical (unpaired) electrons. The number of hydrogen-bond donors (Lipinski definition) is 1. The predicted molar refractivity (Wildman–Crippen MR) is 136 cm³/mol. The van der Waals surface area contributed by atoms with Crippen LogP contribution in [-0.4, -0.2) is 41.8 Å². The lowest BCUT2D eigenvalue weighted by Gasteiger charge is -2.56. The van der Waals surface area contributed by atoms with Gasteiger partial charge in [0.25, 0.3) is 0 Å². The number of ether oxygens (including phenoxy) is 1. The highest BCUT2D eigenvalue weighted by atomic mass is 32.2. The molecular weight excluding hydrogens is 514 g/mol. The lowest BCUT2D eigenvalue weighted by atomic mass is 9.49. The summed E-state index contributed by atoms with van der Waals surface area (Å²) >= 11 is 0. The number of carbonyl (C=O) groups excluding carboxylic acids is 1. The van der Waals surface area contributed by atoms with Gasteiger partial charge in [-0.2, -0.15) is 13.1 Å². The summed E-state index contributed by atoms with van der Waals surface area (Å²) in [6.45, 7) is -2.71. The Morgan fingerprint density at radius 2 is 1.84 bits per heavy atom. The van der Waals surface area contributed by atoms with Crippen LogP contribution in [0.4, 0.5) is 14.6 Å². The first-order chi connectivity index (χ1) is 18.2. The third-order valence-corrected chi connectivity index (χ3v) is 10.6. The highest BCUT2D eigenvalue weighted by Gasteiger charge is 2.51. The summed E-state index contributed by atoms with van der Waals surface area (Å²) < 4.78 is 57.1. The van der Waals surface area contributed by atoms with Crippen LogP contribution in [0.15, 0.2) is 30.6 Å². The van der Waals surface area contributed by atoms with E-state index in [0.717, 1.165) is 42.6 Å². The zero-order valence-electron chi connectivity index (χ0n) is 21.1. The van der Waals surface area contributed by atoms with Gasteiger partial charge in [-0.1, -0.05) is 12.1 Å². The molecule has 4 aliphatic carbocycles. The Kier molecular flexibility index (Phi) is 6.62. The minimum Gasteiger partial charge on any atom is -0.435 e. The molecule has 1 aromatic heterocycles. The summed E-state index contributed by atoms with van der Waals surface area (Å²) in [6.07, 6.45) is 9.69. The molecule has 204 valence electrons. The smallest absolute Gasteiger partial charge is 0.387 e. The molecule has 4 fully saturated rings. The number of aromatic nitrogens is 2. The number of nitrogens with zero attached hydrogens (tertiary/aromatic N) is 3. The predicted octanol–water partition coefficient (Wildman–Crippen LogP) is 4.51. The van der Waals surface area contributed by atoms with Crippen molar-refractivity contribution in [1.29, 1.82) is 0 Å². The number of fused-ring (bicyclic) bond motifs is 1. The van der Waals surface area contributed by atoms with Gasteiger partial charge in [0.1, 0.15) is 17.9 Å². The molecule has 8 nitrogen and oxygen atoms in total. The second-order valence-electron chi connectivity index (χ2n) is 11.7. The Bertz CT molecular complexity index is 1300. The van der Waals surface area contributed by atoms with Crippen LogP contribution in [0.25, 0.3) is 0 Å². The second kappa shape index (κ2) is 9.82. The number of amides is 1. The SMILES string of the molecule is O=C(CC12CC3CC(CC(C3)C1)C2)Nc1ncnc2c1CCN(S(=O)(=O)Cc1cccc(OC(F)F)c1)C2. The molecule has 0 spiro atoms. The van der Waals surface area contributed by atoms with E-state index in [2.05, 4.69) is 20.0 Å². The largest absolute Gasteiger partial charge is 0.435 e. The van der Waals surface area contributed by atoms with E-state index in [0.29, 0.717) is 29.9 Å². The quantitative estimate of drug-likeness (QED) is 0.523. The summed E-state index contributed by atoms with van der Waals surface area (Å²) in [6, 6.07) is 5.71. The first kappa shape index (κ1) is 25.6. The standard InChI is InChI=1S/C27H32F2N4O4S/c28-26(29)37-21-3-1-2-17(9-21)15-38(35,36)33-5-4-22-23(14-33)30-16-31-25(22)32-24(34)13-27-10-18-6-19(11-27)8-20(7-18)12-27/h1-3,9,16,18-20,26H,4-8,10-15H2,(H,30,31,32,34). The minimum absolute atomic E-state index is 0.0196. The molecule has 1 aliphatic heterocycles. The normalized spacial score (nSPS) is 28.3. The number of benzene rings is 1. The summed E-state index contributed by atoms with van der Waals surface area (Å²) in [7, 11) is -3.75. The maximum absolute atomic E-state index is 13.2. The van der Waals surface area contributed by atoms with Gasteiger partial charge in [0.2, 0.25) is 15.9 Å². The topological polar surface area (TPSA) is 101 Å². The van der Waals surface area contributed by atoms with Crippen molar-refractivity contribution >= 4 is 21.7 Å². The zero-order chi connectivity index (χ0) is 26.5. The van der Waals surface area contributed by atoms with Crippen molar-refractivity contribution in [3.05, 3.63) is 47.4 Å². The Hall–Kier alpha value is -2.66. The molecule has 4 saturated carbocycles. The second-order valence-corrected chi connectivity index (χ2v) is 13.6. The molecule has 1 amide bonds. The maximum Gasteiger partial charge on any atom is 0.387 e. The van der Waals surface area contributed by atoms with Crippen LogP contribution in [0.3, 0.4) is 0 Å². The number of hydrogen-bond acceptors (Lipinski definition) is 6. The Labute approximate surface area is 221 Å². The molecule has 0 atom stereocenters. The number of halogens is 2. The third-order valence-electron chi connectivity index (χ3n) is 8.80. The van der Waals surface area contributed by atoms with Gasteiger partial charge >= 0.3 is 6.61 Å². The summed E-state index contributed by atoms with van der Waals surface area (Å²) in [5.41, 5.74) is 1.81. The monoisotopic (exact) mass is 546 g/mol. The molecule has 2 heterocycles. The number of carbonyl (C=O) groups is 1. The first-order valence-electron chi connectivity index (χ1n) is 13.3. The lowest BCUT2D eigenvalue weighted by molar-refractivity contribution is -0.124. The van der Waals surface area contributed by atoms with E-state index in [9.17, 15) is 22.0 Å². The fraction of sp³-hybridized carbons (Fsp3) is 0.593. The van der Waals surface area contributed by atoms with Crippen LogP contribution in [-0.2, 0) is 33.5 Å². The van der Waals surface area contributed by atoms with E-state index >= 15 is 0 Å². The van der Waals surface area contributed by atoms with E-state index in [1.807, 2.05) is 0 Å². The average Bonchev–Trinajstić information content (AvgIpc) is 2.82. The van der Waals surface area contributed by atoms with Gasteiger partial charge in [-0.25, -0.2) is 18.4 Å². The van der Waals surface area contributed by atoms with Crippen molar-refractivity contribution in [3.8, 4) is 5.75 Å². The number of sulfonamides is 1. The molecule has 0 unspecified atom stereocenters. The van der Waals surface area contributed by atoms with Crippen LogP contribution in [0.1, 0.15) is 61.8 Å². The van der Waals surface area contributed by atoms with E-state index in [4.69, 9.17) is 0 Å². The highest BCUT2D eigenvalue weighted by molar-refractivity contribution is 7.88. The molecule has 0 saturated heterocycles. The van der Waals surface area contributed by atoms with Crippen molar-refractivity contribution in [2.75, 3.05) is 11.9 Å². The van der Waals surface area contributed by atoms with E-state index in [-0.39, 0.29) is 35.9 Å². The molecule has 38 heavy (non-hydrogen) atoms. The van der Waals surface area contributed by atoms with Crippen LogP contribution in [0.5, 0.6) is 5.75 Å². The van der Waals surface area contributed by atoms with Gasteiger partial charge in [-0.15, -0.1) is 0 Å². The summed E-state index contributed by atoms with van der Waals surface area (Å²) in [5.74, 6) is 2.34.